The number of amides is 2. The molecule has 0 bridgehead atoms. The van der Waals surface area contributed by atoms with Crippen LogP contribution in [0, 0.1) is 0 Å². The summed E-state index contributed by atoms with van der Waals surface area (Å²) >= 11 is 0. The minimum absolute atomic E-state index is 0.0339. The molecular formula is C16H26N2O. The highest BCUT2D eigenvalue weighted by Gasteiger charge is 2.06. The number of rotatable bonds is 8. The summed E-state index contributed by atoms with van der Waals surface area (Å²) in [5.74, 6) is 0. The normalized spacial score (nSPS) is 10.5. The Morgan fingerprint density at radius 1 is 1.11 bits per heavy atom. The third kappa shape index (κ3) is 6.85. The highest BCUT2D eigenvalue weighted by atomic mass is 16.2. The first-order valence-corrected chi connectivity index (χ1v) is 7.34. The second-order valence-corrected chi connectivity index (χ2v) is 4.86. The summed E-state index contributed by atoms with van der Waals surface area (Å²) in [5.41, 5.74) is 1.36. The van der Waals surface area contributed by atoms with Gasteiger partial charge >= 0.3 is 6.03 Å². The van der Waals surface area contributed by atoms with Crippen LogP contribution in [0.3, 0.4) is 0 Å². The average Bonchev–Trinajstić information content (AvgIpc) is 2.45. The average molecular weight is 262 g/mol. The molecule has 0 aliphatic carbocycles. The van der Waals surface area contributed by atoms with Crippen LogP contribution in [0.5, 0.6) is 0 Å². The molecule has 0 heterocycles. The molecule has 0 saturated heterocycles. The van der Waals surface area contributed by atoms with E-state index in [0.717, 1.165) is 38.6 Å². The van der Waals surface area contributed by atoms with Gasteiger partial charge in [-0.2, -0.15) is 0 Å². The molecular weight excluding hydrogens is 236 g/mol. The number of hydrogen-bond donors (Lipinski definition) is 2. The molecule has 3 heteroatoms. The topological polar surface area (TPSA) is 41.1 Å². The lowest BCUT2D eigenvalue weighted by atomic mass is 10.1. The molecule has 0 aliphatic heterocycles. The molecule has 19 heavy (non-hydrogen) atoms. The first kappa shape index (κ1) is 15.5. The van der Waals surface area contributed by atoms with E-state index < -0.39 is 0 Å². The summed E-state index contributed by atoms with van der Waals surface area (Å²) in [4.78, 5) is 11.6. The molecule has 0 atom stereocenters. The van der Waals surface area contributed by atoms with Gasteiger partial charge in [-0.15, -0.1) is 0 Å². The molecule has 1 rings (SSSR count). The van der Waals surface area contributed by atoms with E-state index in [1.807, 2.05) is 6.07 Å². The van der Waals surface area contributed by atoms with Crippen LogP contribution in [-0.2, 0) is 6.42 Å². The van der Waals surface area contributed by atoms with E-state index in [-0.39, 0.29) is 6.03 Å². The molecule has 2 amide bonds. The van der Waals surface area contributed by atoms with Crippen LogP contribution in [0.15, 0.2) is 30.3 Å². The summed E-state index contributed by atoms with van der Waals surface area (Å²) in [6.45, 7) is 4.93. The van der Waals surface area contributed by atoms with Crippen LogP contribution < -0.4 is 10.6 Å². The third-order valence-corrected chi connectivity index (χ3v) is 3.34. The van der Waals surface area contributed by atoms with E-state index in [1.54, 1.807) is 0 Å². The van der Waals surface area contributed by atoms with Crippen LogP contribution in [0.1, 0.15) is 45.1 Å². The van der Waals surface area contributed by atoms with Gasteiger partial charge in [0.05, 0.1) is 0 Å². The fourth-order valence-corrected chi connectivity index (χ4v) is 2.03. The van der Waals surface area contributed by atoms with Crippen molar-refractivity contribution in [3.05, 3.63) is 35.9 Å². The number of carbonyl (C=O) groups is 1. The van der Waals surface area contributed by atoms with Gasteiger partial charge in [0.2, 0.25) is 0 Å². The zero-order chi connectivity index (χ0) is 13.9. The van der Waals surface area contributed by atoms with Crippen molar-refractivity contribution in [2.24, 2.45) is 0 Å². The fourth-order valence-electron chi connectivity index (χ4n) is 2.03. The Labute approximate surface area is 116 Å². The van der Waals surface area contributed by atoms with Crippen molar-refractivity contribution in [2.45, 2.75) is 52.0 Å². The van der Waals surface area contributed by atoms with Crippen LogP contribution in [-0.4, -0.2) is 18.6 Å². The van der Waals surface area contributed by atoms with Crippen LogP contribution >= 0.6 is 0 Å². The van der Waals surface area contributed by atoms with Crippen molar-refractivity contribution in [1.29, 1.82) is 0 Å². The minimum atomic E-state index is -0.0339. The molecule has 3 nitrogen and oxygen atoms in total. The molecule has 0 aliphatic rings. The van der Waals surface area contributed by atoms with Crippen molar-refractivity contribution in [3.63, 3.8) is 0 Å². The zero-order valence-electron chi connectivity index (χ0n) is 12.1. The van der Waals surface area contributed by atoms with Gasteiger partial charge in [-0.1, -0.05) is 44.2 Å². The Bertz CT molecular complexity index is 347. The van der Waals surface area contributed by atoms with Crippen LogP contribution in [0.2, 0.25) is 0 Å². The van der Waals surface area contributed by atoms with Crippen molar-refractivity contribution in [3.8, 4) is 0 Å². The molecule has 0 fully saturated rings. The van der Waals surface area contributed by atoms with Gasteiger partial charge in [0.15, 0.2) is 0 Å². The molecule has 0 spiro atoms. The molecule has 106 valence electrons. The lowest BCUT2D eigenvalue weighted by Gasteiger charge is -2.15. The predicted molar refractivity (Wildman–Crippen MR) is 80.3 cm³/mol. The number of hydrogen-bond acceptors (Lipinski definition) is 1. The van der Waals surface area contributed by atoms with Gasteiger partial charge in [-0.3, -0.25) is 0 Å². The highest BCUT2D eigenvalue weighted by Crippen LogP contribution is 2.03. The molecule has 1 aromatic carbocycles. The Hall–Kier alpha value is -1.51. The number of nitrogens with one attached hydrogen (secondary N) is 2. The first-order valence-electron chi connectivity index (χ1n) is 7.34. The van der Waals surface area contributed by atoms with Crippen molar-refractivity contribution >= 4 is 6.03 Å². The van der Waals surface area contributed by atoms with Gasteiger partial charge in [-0.05, 0) is 37.7 Å². The second-order valence-electron chi connectivity index (χ2n) is 4.86. The lowest BCUT2D eigenvalue weighted by Crippen LogP contribution is -2.41. The van der Waals surface area contributed by atoms with E-state index >= 15 is 0 Å². The number of unbranched alkanes of at least 4 members (excludes halogenated alkanes) is 1. The molecule has 0 saturated carbocycles. The maximum atomic E-state index is 11.6. The maximum absolute atomic E-state index is 11.6. The van der Waals surface area contributed by atoms with E-state index in [9.17, 15) is 4.79 Å². The molecule has 0 radical (unpaired) electrons. The Kier molecular flexibility index (Phi) is 7.71. The highest BCUT2D eigenvalue weighted by molar-refractivity contribution is 5.74. The van der Waals surface area contributed by atoms with E-state index in [0.29, 0.717) is 6.04 Å². The summed E-state index contributed by atoms with van der Waals surface area (Å²) in [6, 6.07) is 10.7. The van der Waals surface area contributed by atoms with Gasteiger partial charge in [0.1, 0.15) is 0 Å². The first-order chi connectivity index (χ1) is 9.26. The van der Waals surface area contributed by atoms with Crippen molar-refractivity contribution in [2.75, 3.05) is 6.54 Å². The monoisotopic (exact) mass is 262 g/mol. The molecule has 1 aromatic rings. The largest absolute Gasteiger partial charge is 0.338 e. The number of carbonyl (C=O) groups excluding carboxylic acids is 1. The lowest BCUT2D eigenvalue weighted by molar-refractivity contribution is 0.236. The van der Waals surface area contributed by atoms with Gasteiger partial charge in [-0.25, -0.2) is 4.79 Å². The van der Waals surface area contributed by atoms with Crippen molar-refractivity contribution in [1.82, 2.24) is 10.6 Å². The van der Waals surface area contributed by atoms with Crippen LogP contribution in [0.4, 0.5) is 4.79 Å². The smallest absolute Gasteiger partial charge is 0.315 e. The van der Waals surface area contributed by atoms with E-state index in [2.05, 4.69) is 48.7 Å². The Morgan fingerprint density at radius 2 is 1.79 bits per heavy atom. The standard InChI is InChI=1S/C16H26N2O/c1-3-15(4-2)18-16(19)17-13-9-8-12-14-10-6-5-7-11-14/h5-7,10-11,15H,3-4,8-9,12-13H2,1-2H3,(H2,17,18,19). The zero-order valence-corrected chi connectivity index (χ0v) is 12.1. The number of urea groups is 1. The fraction of sp³-hybridized carbons (Fsp3) is 0.562. The summed E-state index contributed by atoms with van der Waals surface area (Å²) in [6.07, 6.45) is 5.17. The summed E-state index contributed by atoms with van der Waals surface area (Å²) < 4.78 is 0. The van der Waals surface area contributed by atoms with Gasteiger partial charge < -0.3 is 10.6 Å². The number of benzene rings is 1. The molecule has 2 N–H and O–H groups in total. The van der Waals surface area contributed by atoms with Gasteiger partial charge in [0.25, 0.3) is 0 Å². The van der Waals surface area contributed by atoms with Crippen LogP contribution in [0.25, 0.3) is 0 Å². The SMILES string of the molecule is CCC(CC)NC(=O)NCCCCc1ccccc1. The Morgan fingerprint density at radius 3 is 2.42 bits per heavy atom. The minimum Gasteiger partial charge on any atom is -0.338 e. The Balaban J connectivity index is 2.06. The second kappa shape index (κ2) is 9.42. The predicted octanol–water partition coefficient (Wildman–Crippen LogP) is 3.50. The maximum Gasteiger partial charge on any atom is 0.315 e. The molecule has 0 unspecified atom stereocenters. The van der Waals surface area contributed by atoms with Gasteiger partial charge in [0, 0.05) is 12.6 Å². The van der Waals surface area contributed by atoms with E-state index in [4.69, 9.17) is 0 Å². The third-order valence-electron chi connectivity index (χ3n) is 3.34. The summed E-state index contributed by atoms with van der Waals surface area (Å²) in [5, 5.41) is 5.89. The van der Waals surface area contributed by atoms with E-state index in [1.165, 1.54) is 5.56 Å². The molecule has 0 aromatic heterocycles. The number of aryl methyl sites for hydroxylation is 1. The summed E-state index contributed by atoms with van der Waals surface area (Å²) in [7, 11) is 0. The quantitative estimate of drug-likeness (QED) is 0.692. The van der Waals surface area contributed by atoms with Crippen molar-refractivity contribution < 1.29 is 4.79 Å².